The first-order valence-corrected chi connectivity index (χ1v) is 4.47. The van der Waals surface area contributed by atoms with Crippen LogP contribution in [-0.4, -0.2) is 6.04 Å². The molecule has 0 aromatic heterocycles. The summed E-state index contributed by atoms with van der Waals surface area (Å²) in [5.74, 6) is 1.50. The van der Waals surface area contributed by atoms with Crippen molar-refractivity contribution in [3.63, 3.8) is 0 Å². The smallest absolute Gasteiger partial charge is 0.00903 e. The summed E-state index contributed by atoms with van der Waals surface area (Å²) in [5, 5.41) is 0. The predicted octanol–water partition coefficient (Wildman–Crippen LogP) is 2.16. The SMILES string of the molecule is CC(C)[C@@H](N)C1CCCC1. The van der Waals surface area contributed by atoms with Crippen LogP contribution < -0.4 is 5.73 Å². The van der Waals surface area contributed by atoms with Crippen LogP contribution in [0.3, 0.4) is 0 Å². The van der Waals surface area contributed by atoms with Crippen LogP contribution in [0.25, 0.3) is 0 Å². The van der Waals surface area contributed by atoms with Crippen LogP contribution >= 0.6 is 0 Å². The van der Waals surface area contributed by atoms with E-state index in [0.29, 0.717) is 12.0 Å². The fraction of sp³-hybridized carbons (Fsp3) is 1.00. The van der Waals surface area contributed by atoms with Gasteiger partial charge in [-0.1, -0.05) is 26.7 Å². The summed E-state index contributed by atoms with van der Waals surface area (Å²) in [6.45, 7) is 4.45. The first kappa shape index (κ1) is 8.06. The van der Waals surface area contributed by atoms with E-state index in [9.17, 15) is 0 Å². The number of nitrogens with two attached hydrogens (primary N) is 1. The highest BCUT2D eigenvalue weighted by Crippen LogP contribution is 2.29. The lowest BCUT2D eigenvalue weighted by Crippen LogP contribution is -2.33. The van der Waals surface area contributed by atoms with Gasteiger partial charge in [-0.05, 0) is 24.7 Å². The Labute approximate surface area is 64.0 Å². The molecule has 1 nitrogen and oxygen atoms in total. The summed E-state index contributed by atoms with van der Waals surface area (Å²) in [6.07, 6.45) is 5.56. The Morgan fingerprint density at radius 1 is 1.20 bits per heavy atom. The maximum Gasteiger partial charge on any atom is 0.00903 e. The maximum absolute atomic E-state index is 6.02. The second-order valence-corrected chi connectivity index (χ2v) is 3.87. The van der Waals surface area contributed by atoms with Gasteiger partial charge in [0.25, 0.3) is 0 Å². The molecule has 0 saturated heterocycles. The lowest BCUT2D eigenvalue weighted by molar-refractivity contribution is 0.347. The standard InChI is InChI=1S/C9H19N/c1-7(2)9(10)8-5-3-4-6-8/h7-9H,3-6,10H2,1-2H3/t9-/m1/s1. The van der Waals surface area contributed by atoms with E-state index < -0.39 is 0 Å². The molecule has 0 aromatic rings. The molecule has 1 rings (SSSR count). The highest BCUT2D eigenvalue weighted by atomic mass is 14.7. The van der Waals surface area contributed by atoms with Gasteiger partial charge in [0.2, 0.25) is 0 Å². The molecule has 1 aliphatic carbocycles. The van der Waals surface area contributed by atoms with Crippen molar-refractivity contribution in [1.82, 2.24) is 0 Å². The van der Waals surface area contributed by atoms with Crippen molar-refractivity contribution >= 4 is 0 Å². The number of hydrogen-bond donors (Lipinski definition) is 1. The Morgan fingerprint density at radius 2 is 1.70 bits per heavy atom. The van der Waals surface area contributed by atoms with Crippen LogP contribution in [0.15, 0.2) is 0 Å². The van der Waals surface area contributed by atoms with Crippen molar-refractivity contribution in [3.8, 4) is 0 Å². The van der Waals surface area contributed by atoms with Crippen LogP contribution in [0.4, 0.5) is 0 Å². The van der Waals surface area contributed by atoms with Gasteiger partial charge in [0.05, 0.1) is 0 Å². The van der Waals surface area contributed by atoms with Gasteiger partial charge >= 0.3 is 0 Å². The molecule has 1 fully saturated rings. The van der Waals surface area contributed by atoms with Gasteiger partial charge in [-0.15, -0.1) is 0 Å². The Kier molecular flexibility index (Phi) is 2.72. The van der Waals surface area contributed by atoms with Crippen LogP contribution in [0.2, 0.25) is 0 Å². The zero-order valence-corrected chi connectivity index (χ0v) is 7.14. The van der Waals surface area contributed by atoms with Crippen molar-refractivity contribution in [2.24, 2.45) is 17.6 Å². The molecule has 0 heterocycles. The van der Waals surface area contributed by atoms with Crippen molar-refractivity contribution in [2.45, 2.75) is 45.6 Å². The molecule has 0 unspecified atom stereocenters. The zero-order valence-electron chi connectivity index (χ0n) is 7.14. The minimum Gasteiger partial charge on any atom is -0.327 e. The average molecular weight is 141 g/mol. The van der Waals surface area contributed by atoms with Gasteiger partial charge in [-0.3, -0.25) is 0 Å². The van der Waals surface area contributed by atoms with Gasteiger partial charge < -0.3 is 5.73 Å². The third-order valence-corrected chi connectivity index (χ3v) is 2.71. The molecule has 1 atom stereocenters. The molecule has 10 heavy (non-hydrogen) atoms. The lowest BCUT2D eigenvalue weighted by Gasteiger charge is -2.22. The van der Waals surface area contributed by atoms with Gasteiger partial charge in [0.1, 0.15) is 0 Å². The second-order valence-electron chi connectivity index (χ2n) is 3.87. The van der Waals surface area contributed by atoms with Crippen molar-refractivity contribution in [1.29, 1.82) is 0 Å². The normalized spacial score (nSPS) is 24.0. The van der Waals surface area contributed by atoms with E-state index in [4.69, 9.17) is 5.73 Å². The monoisotopic (exact) mass is 141 g/mol. The minimum atomic E-state index is 0.461. The third-order valence-electron chi connectivity index (χ3n) is 2.71. The van der Waals surface area contributed by atoms with E-state index in [0.717, 1.165) is 5.92 Å². The molecular weight excluding hydrogens is 122 g/mol. The Bertz CT molecular complexity index is 92.9. The van der Waals surface area contributed by atoms with E-state index in [1.165, 1.54) is 25.7 Å². The molecule has 0 amide bonds. The Balaban J connectivity index is 2.32. The molecule has 2 N–H and O–H groups in total. The van der Waals surface area contributed by atoms with Crippen molar-refractivity contribution < 1.29 is 0 Å². The third kappa shape index (κ3) is 1.72. The van der Waals surface area contributed by atoms with Crippen LogP contribution in [0.5, 0.6) is 0 Å². The quantitative estimate of drug-likeness (QED) is 0.626. The summed E-state index contributed by atoms with van der Waals surface area (Å²) in [5.41, 5.74) is 6.02. The lowest BCUT2D eigenvalue weighted by atomic mass is 9.90. The Morgan fingerprint density at radius 3 is 2.10 bits per heavy atom. The van der Waals surface area contributed by atoms with E-state index in [-0.39, 0.29) is 0 Å². The van der Waals surface area contributed by atoms with Crippen molar-refractivity contribution in [2.75, 3.05) is 0 Å². The fourth-order valence-electron chi connectivity index (χ4n) is 1.89. The number of hydrogen-bond acceptors (Lipinski definition) is 1. The van der Waals surface area contributed by atoms with E-state index >= 15 is 0 Å². The summed E-state index contributed by atoms with van der Waals surface area (Å²) >= 11 is 0. The zero-order chi connectivity index (χ0) is 7.56. The predicted molar refractivity (Wildman–Crippen MR) is 44.8 cm³/mol. The van der Waals surface area contributed by atoms with Crippen LogP contribution in [0.1, 0.15) is 39.5 Å². The van der Waals surface area contributed by atoms with Gasteiger partial charge in [-0.2, -0.15) is 0 Å². The average Bonchev–Trinajstić information content (AvgIpc) is 2.36. The molecule has 0 aliphatic heterocycles. The summed E-state index contributed by atoms with van der Waals surface area (Å²) < 4.78 is 0. The van der Waals surface area contributed by atoms with Crippen molar-refractivity contribution in [3.05, 3.63) is 0 Å². The molecule has 0 aromatic carbocycles. The van der Waals surface area contributed by atoms with Gasteiger partial charge in [0, 0.05) is 6.04 Å². The summed E-state index contributed by atoms with van der Waals surface area (Å²) in [4.78, 5) is 0. The largest absolute Gasteiger partial charge is 0.327 e. The fourth-order valence-corrected chi connectivity index (χ4v) is 1.89. The molecular formula is C9H19N. The number of rotatable bonds is 2. The first-order valence-electron chi connectivity index (χ1n) is 4.47. The van der Waals surface area contributed by atoms with Crippen LogP contribution in [0, 0.1) is 11.8 Å². The highest BCUT2D eigenvalue weighted by molar-refractivity contribution is 4.79. The maximum atomic E-state index is 6.02. The molecule has 60 valence electrons. The van der Waals surface area contributed by atoms with Gasteiger partial charge in [0.15, 0.2) is 0 Å². The molecule has 0 bridgehead atoms. The molecule has 0 spiro atoms. The van der Waals surface area contributed by atoms with Gasteiger partial charge in [-0.25, -0.2) is 0 Å². The van der Waals surface area contributed by atoms with E-state index in [1.807, 2.05) is 0 Å². The molecule has 0 radical (unpaired) electrons. The first-order chi connectivity index (χ1) is 4.72. The minimum absolute atomic E-state index is 0.461. The van der Waals surface area contributed by atoms with Crippen LogP contribution in [-0.2, 0) is 0 Å². The summed E-state index contributed by atoms with van der Waals surface area (Å²) in [7, 11) is 0. The second kappa shape index (κ2) is 3.38. The molecule has 1 saturated carbocycles. The van der Waals surface area contributed by atoms with E-state index in [2.05, 4.69) is 13.8 Å². The molecule has 1 heteroatoms. The highest BCUT2D eigenvalue weighted by Gasteiger charge is 2.23. The van der Waals surface area contributed by atoms with E-state index in [1.54, 1.807) is 0 Å². The summed E-state index contributed by atoms with van der Waals surface area (Å²) in [6, 6.07) is 0.461. The molecule has 1 aliphatic rings. The Hall–Kier alpha value is -0.0400. The topological polar surface area (TPSA) is 26.0 Å².